The third-order valence-electron chi connectivity index (χ3n) is 2.65. The highest BCUT2D eigenvalue weighted by molar-refractivity contribution is 8.19. The lowest BCUT2D eigenvalue weighted by Gasteiger charge is -2.36. The van der Waals surface area contributed by atoms with Gasteiger partial charge in [-0.25, -0.2) is 19.6 Å². The molecule has 0 bridgehead atoms. The summed E-state index contributed by atoms with van der Waals surface area (Å²) in [6, 6.07) is 0. The molecule has 0 saturated carbocycles. The summed E-state index contributed by atoms with van der Waals surface area (Å²) in [7, 11) is 0. The molecule has 0 aromatic carbocycles. The summed E-state index contributed by atoms with van der Waals surface area (Å²) < 4.78 is -0.0157. The van der Waals surface area contributed by atoms with Crippen molar-refractivity contribution in [3.63, 3.8) is 0 Å². The Morgan fingerprint density at radius 1 is 1.11 bits per heavy atom. The average Bonchev–Trinajstić information content (AvgIpc) is 2.42. The first-order valence-electron chi connectivity index (χ1n) is 5.41. The van der Waals surface area contributed by atoms with E-state index in [4.69, 9.17) is 0 Å². The van der Waals surface area contributed by atoms with Crippen molar-refractivity contribution < 1.29 is 9.59 Å². The number of nitrogens with zero attached hydrogens (tertiary/aromatic N) is 2. The fraction of sp³-hybridized carbons (Fsp3) is 0.818. The van der Waals surface area contributed by atoms with E-state index in [1.165, 1.54) is 0 Å². The molecule has 0 fully saturated rings. The molecule has 18 heavy (non-hydrogen) atoms. The number of thioether (sulfide) groups is 3. The van der Waals surface area contributed by atoms with Crippen molar-refractivity contribution in [3.05, 3.63) is 0 Å². The quantitative estimate of drug-likeness (QED) is 0.269. The number of rotatable bonds is 10. The Balaban J connectivity index is 4.72. The van der Waals surface area contributed by atoms with Gasteiger partial charge in [-0.1, -0.05) is 0 Å². The zero-order chi connectivity index (χ0) is 13.9. The summed E-state index contributed by atoms with van der Waals surface area (Å²) in [5.41, 5.74) is 0. The standard InChI is InChI=1S/C11H18N2O2S3/c1-16-10(7-13-9-15)11(17-2,18-3)5-4-6-12-8-14/h10H,4-7H2,1-3H3. The van der Waals surface area contributed by atoms with Crippen molar-refractivity contribution in [2.75, 3.05) is 31.9 Å². The molecule has 7 heteroatoms. The zero-order valence-corrected chi connectivity index (χ0v) is 13.3. The van der Waals surface area contributed by atoms with E-state index in [9.17, 15) is 9.59 Å². The fourth-order valence-corrected chi connectivity index (χ4v) is 5.57. The number of hydrogen-bond acceptors (Lipinski definition) is 7. The van der Waals surface area contributed by atoms with Crippen LogP contribution in [0.3, 0.4) is 0 Å². The molecule has 102 valence electrons. The predicted octanol–water partition coefficient (Wildman–Crippen LogP) is 2.59. The molecule has 0 spiro atoms. The van der Waals surface area contributed by atoms with Crippen LogP contribution in [0.25, 0.3) is 0 Å². The Morgan fingerprint density at radius 2 is 1.72 bits per heavy atom. The Kier molecular flexibility index (Phi) is 10.6. The molecule has 0 aliphatic rings. The topological polar surface area (TPSA) is 58.9 Å². The number of isocyanates is 2. The van der Waals surface area contributed by atoms with Gasteiger partial charge in [0.2, 0.25) is 12.2 Å². The lowest BCUT2D eigenvalue weighted by Crippen LogP contribution is -2.35. The molecule has 0 saturated heterocycles. The lowest BCUT2D eigenvalue weighted by atomic mass is 10.1. The van der Waals surface area contributed by atoms with Crippen LogP contribution in [0.4, 0.5) is 0 Å². The third-order valence-corrected chi connectivity index (χ3v) is 7.43. The second-order valence-corrected chi connectivity index (χ2v) is 7.03. The van der Waals surface area contributed by atoms with Crippen molar-refractivity contribution in [1.82, 2.24) is 0 Å². The summed E-state index contributed by atoms with van der Waals surface area (Å²) in [6.45, 7) is 0.980. The Labute approximate surface area is 121 Å². The van der Waals surface area contributed by atoms with E-state index in [1.54, 1.807) is 47.4 Å². The highest BCUT2D eigenvalue weighted by Gasteiger charge is 2.36. The van der Waals surface area contributed by atoms with Gasteiger partial charge in [-0.3, -0.25) is 0 Å². The lowest BCUT2D eigenvalue weighted by molar-refractivity contribution is 0.558. The molecule has 0 N–H and O–H groups in total. The van der Waals surface area contributed by atoms with Crippen LogP contribution in [-0.4, -0.2) is 53.3 Å². The summed E-state index contributed by atoms with van der Waals surface area (Å²) in [6.07, 6.45) is 11.1. The van der Waals surface area contributed by atoms with Crippen molar-refractivity contribution in [1.29, 1.82) is 0 Å². The van der Waals surface area contributed by atoms with Crippen molar-refractivity contribution in [2.45, 2.75) is 22.2 Å². The van der Waals surface area contributed by atoms with Gasteiger partial charge in [-0.2, -0.15) is 11.8 Å². The van der Waals surface area contributed by atoms with Crippen LogP contribution in [0.2, 0.25) is 0 Å². The van der Waals surface area contributed by atoms with E-state index >= 15 is 0 Å². The van der Waals surface area contributed by atoms with Crippen LogP contribution in [0.5, 0.6) is 0 Å². The van der Waals surface area contributed by atoms with Gasteiger partial charge in [0, 0.05) is 5.25 Å². The van der Waals surface area contributed by atoms with Crippen molar-refractivity contribution in [3.8, 4) is 0 Å². The van der Waals surface area contributed by atoms with Crippen LogP contribution < -0.4 is 0 Å². The average molecular weight is 306 g/mol. The largest absolute Gasteiger partial charge is 0.234 e. The molecule has 0 aromatic heterocycles. The maximum absolute atomic E-state index is 10.3. The molecule has 0 aliphatic heterocycles. The van der Waals surface area contributed by atoms with Crippen LogP contribution >= 0.6 is 35.3 Å². The highest BCUT2D eigenvalue weighted by atomic mass is 32.2. The SMILES string of the molecule is CSC(CN=C=O)C(CCCN=C=O)(SC)SC. The number of hydrogen-bond donors (Lipinski definition) is 0. The van der Waals surface area contributed by atoms with Gasteiger partial charge in [0.05, 0.1) is 17.2 Å². The third kappa shape index (κ3) is 5.63. The van der Waals surface area contributed by atoms with E-state index in [2.05, 4.69) is 22.5 Å². The Bertz CT molecular complexity index is 322. The van der Waals surface area contributed by atoms with E-state index in [0.29, 0.717) is 13.1 Å². The van der Waals surface area contributed by atoms with Crippen molar-refractivity contribution in [2.24, 2.45) is 9.98 Å². The molecule has 0 rings (SSSR count). The minimum Gasteiger partial charge on any atom is -0.211 e. The normalized spacial score (nSPS) is 12.4. The van der Waals surface area contributed by atoms with E-state index < -0.39 is 0 Å². The van der Waals surface area contributed by atoms with Gasteiger partial charge in [0.1, 0.15) is 0 Å². The maximum Gasteiger partial charge on any atom is 0.234 e. The molecule has 0 radical (unpaired) electrons. The molecular formula is C11H18N2O2S3. The maximum atomic E-state index is 10.3. The smallest absolute Gasteiger partial charge is 0.211 e. The molecule has 4 nitrogen and oxygen atoms in total. The minimum atomic E-state index is -0.0157. The Hall–Kier alpha value is -0.190. The van der Waals surface area contributed by atoms with E-state index in [0.717, 1.165) is 12.8 Å². The summed E-state index contributed by atoms with van der Waals surface area (Å²) in [5.74, 6) is 0. The summed E-state index contributed by atoms with van der Waals surface area (Å²) in [4.78, 5) is 27.6. The van der Waals surface area contributed by atoms with Crippen LogP contribution in [-0.2, 0) is 9.59 Å². The highest BCUT2D eigenvalue weighted by Crippen LogP contribution is 2.45. The van der Waals surface area contributed by atoms with Crippen LogP contribution in [0.1, 0.15) is 12.8 Å². The van der Waals surface area contributed by atoms with Crippen LogP contribution in [0, 0.1) is 0 Å². The van der Waals surface area contributed by atoms with Gasteiger partial charge < -0.3 is 0 Å². The summed E-state index contributed by atoms with van der Waals surface area (Å²) in [5, 5.41) is 0.240. The molecule has 1 atom stereocenters. The first-order valence-corrected chi connectivity index (χ1v) is 9.14. The fourth-order valence-electron chi connectivity index (χ4n) is 1.67. The van der Waals surface area contributed by atoms with Gasteiger partial charge in [0.15, 0.2) is 0 Å². The monoisotopic (exact) mass is 306 g/mol. The van der Waals surface area contributed by atoms with E-state index in [1.807, 2.05) is 6.26 Å². The van der Waals surface area contributed by atoms with E-state index in [-0.39, 0.29) is 9.33 Å². The minimum absolute atomic E-state index is 0.0157. The molecular weight excluding hydrogens is 288 g/mol. The molecule has 0 aliphatic carbocycles. The molecule has 0 aromatic rings. The molecule has 1 unspecified atom stereocenters. The molecule has 0 heterocycles. The van der Waals surface area contributed by atoms with Gasteiger partial charge in [-0.15, -0.1) is 23.5 Å². The second-order valence-electron chi connectivity index (χ2n) is 3.45. The van der Waals surface area contributed by atoms with Crippen LogP contribution in [0.15, 0.2) is 9.98 Å². The summed E-state index contributed by atoms with van der Waals surface area (Å²) >= 11 is 5.25. The van der Waals surface area contributed by atoms with Gasteiger partial charge in [-0.05, 0) is 31.6 Å². The second kappa shape index (κ2) is 10.7. The molecule has 0 amide bonds. The van der Waals surface area contributed by atoms with Gasteiger partial charge in [0.25, 0.3) is 0 Å². The zero-order valence-electron chi connectivity index (χ0n) is 10.8. The van der Waals surface area contributed by atoms with Gasteiger partial charge >= 0.3 is 0 Å². The first-order chi connectivity index (χ1) is 8.70. The van der Waals surface area contributed by atoms with Crippen molar-refractivity contribution >= 4 is 47.4 Å². The first kappa shape index (κ1) is 17.8. The number of carbonyl (C=O) groups excluding carboxylic acids is 2. The Morgan fingerprint density at radius 3 is 2.17 bits per heavy atom. The number of aliphatic imine (C=N–C) groups is 2. The predicted molar refractivity (Wildman–Crippen MR) is 82.3 cm³/mol.